The Morgan fingerprint density at radius 1 is 1.03 bits per heavy atom. The first kappa shape index (κ1) is 31.0. The van der Waals surface area contributed by atoms with Crippen molar-refractivity contribution < 1.29 is 45.5 Å². The quantitative estimate of drug-likeness (QED) is 0.0825. The van der Waals surface area contributed by atoms with Gasteiger partial charge in [-0.3, -0.25) is 0 Å². The topological polar surface area (TPSA) is 172 Å². The number of esters is 2. The number of nitrogens with two attached hydrogens (primary N) is 2. The molecule has 17 heteroatoms. The standard InChI is InChI=1S/C21H21Cl2F3N4O7S/c22-14-3-1-4-15(23)17(14)38(33,34)30-16(18(31)37-19(32)21(24,25)26)11-12-5-7-13(8-6-12)35-9-2-10-36-29-20(27)28/h1,3-8,16,30H,2,9-11H2,(H4,27,28,29)/t16-/m0/s1. The maximum Gasteiger partial charge on any atom is 0.491 e. The fourth-order valence-electron chi connectivity index (χ4n) is 2.77. The van der Waals surface area contributed by atoms with Crippen LogP contribution in [0.1, 0.15) is 12.0 Å². The number of halogens is 5. The summed E-state index contributed by atoms with van der Waals surface area (Å²) in [6.45, 7) is 0.387. The Kier molecular flexibility index (Phi) is 11.0. The third-order valence-corrected chi connectivity index (χ3v) is 6.80. The van der Waals surface area contributed by atoms with Crippen LogP contribution in [0.15, 0.2) is 52.5 Å². The predicted molar refractivity (Wildman–Crippen MR) is 130 cm³/mol. The first-order valence-electron chi connectivity index (χ1n) is 10.4. The molecule has 0 unspecified atom stereocenters. The molecule has 0 saturated heterocycles. The van der Waals surface area contributed by atoms with Crippen LogP contribution in [0.25, 0.3) is 0 Å². The molecule has 0 bridgehead atoms. The molecule has 0 fully saturated rings. The minimum atomic E-state index is -5.49. The number of hydrogen-bond donors (Lipinski definition) is 3. The van der Waals surface area contributed by atoms with E-state index in [-0.39, 0.29) is 34.8 Å². The van der Waals surface area contributed by atoms with E-state index >= 15 is 0 Å². The molecule has 0 saturated carbocycles. The van der Waals surface area contributed by atoms with Crippen molar-refractivity contribution in [3.8, 4) is 5.75 Å². The lowest BCUT2D eigenvalue weighted by Gasteiger charge is -2.19. The van der Waals surface area contributed by atoms with Gasteiger partial charge in [-0.25, -0.2) is 18.0 Å². The van der Waals surface area contributed by atoms with E-state index in [0.29, 0.717) is 12.2 Å². The third kappa shape index (κ3) is 9.55. The fraction of sp³-hybridized carbons (Fsp3) is 0.286. The summed E-state index contributed by atoms with van der Waals surface area (Å²) in [5.41, 5.74) is 10.5. The van der Waals surface area contributed by atoms with Crippen LogP contribution in [-0.2, 0) is 35.6 Å². The van der Waals surface area contributed by atoms with Crippen LogP contribution in [0, 0.1) is 0 Å². The van der Waals surface area contributed by atoms with E-state index in [2.05, 4.69) is 9.89 Å². The van der Waals surface area contributed by atoms with Crippen LogP contribution in [0.4, 0.5) is 13.2 Å². The smallest absolute Gasteiger partial charge is 0.491 e. The summed E-state index contributed by atoms with van der Waals surface area (Å²) in [5.74, 6) is -4.45. The number of alkyl halides is 3. The molecule has 11 nitrogen and oxygen atoms in total. The largest absolute Gasteiger partial charge is 0.493 e. The molecule has 0 aliphatic carbocycles. The second-order valence-corrected chi connectivity index (χ2v) is 9.80. The molecule has 2 aromatic carbocycles. The third-order valence-electron chi connectivity index (χ3n) is 4.38. The molecule has 38 heavy (non-hydrogen) atoms. The fourth-order valence-corrected chi connectivity index (χ4v) is 5.10. The number of nitrogens with zero attached hydrogens (tertiary/aromatic N) is 1. The Bertz CT molecular complexity index is 1250. The summed E-state index contributed by atoms with van der Waals surface area (Å²) in [5, 5.41) is 2.72. The lowest BCUT2D eigenvalue weighted by Crippen LogP contribution is -2.45. The summed E-state index contributed by atoms with van der Waals surface area (Å²) in [4.78, 5) is 27.8. The van der Waals surface area contributed by atoms with Gasteiger partial charge in [-0.1, -0.05) is 41.4 Å². The van der Waals surface area contributed by atoms with Gasteiger partial charge < -0.3 is 25.8 Å². The van der Waals surface area contributed by atoms with Crippen molar-refractivity contribution in [3.63, 3.8) is 0 Å². The molecular formula is C21H21Cl2F3N4O7S. The van der Waals surface area contributed by atoms with E-state index in [9.17, 15) is 31.2 Å². The highest BCUT2D eigenvalue weighted by Crippen LogP contribution is 2.29. The van der Waals surface area contributed by atoms with Crippen molar-refractivity contribution in [3.05, 3.63) is 58.1 Å². The van der Waals surface area contributed by atoms with E-state index in [1.807, 2.05) is 4.72 Å². The number of sulfonamides is 1. The molecule has 5 N–H and O–H groups in total. The molecule has 208 valence electrons. The zero-order valence-corrected chi connectivity index (χ0v) is 21.5. The van der Waals surface area contributed by atoms with Gasteiger partial charge in [0.2, 0.25) is 16.0 Å². The zero-order valence-electron chi connectivity index (χ0n) is 19.2. The van der Waals surface area contributed by atoms with Crippen molar-refractivity contribution in [2.45, 2.75) is 30.0 Å². The number of carbonyl (C=O) groups excluding carboxylic acids is 2. The first-order chi connectivity index (χ1) is 17.7. The van der Waals surface area contributed by atoms with Crippen LogP contribution in [0.2, 0.25) is 10.0 Å². The summed E-state index contributed by atoms with van der Waals surface area (Å²) < 4.78 is 74.9. The Hall–Kier alpha value is -3.27. The van der Waals surface area contributed by atoms with E-state index in [4.69, 9.17) is 44.2 Å². The molecule has 1 atom stereocenters. The van der Waals surface area contributed by atoms with Gasteiger partial charge in [0.15, 0.2) is 0 Å². The molecule has 0 aliphatic rings. The van der Waals surface area contributed by atoms with Gasteiger partial charge in [0.05, 0.1) is 16.7 Å². The number of hydrogen-bond acceptors (Lipinski definition) is 8. The van der Waals surface area contributed by atoms with Crippen LogP contribution in [-0.4, -0.2) is 51.7 Å². The Morgan fingerprint density at radius 2 is 1.63 bits per heavy atom. The zero-order chi connectivity index (χ0) is 28.5. The minimum Gasteiger partial charge on any atom is -0.493 e. The highest BCUT2D eigenvalue weighted by molar-refractivity contribution is 7.89. The molecule has 0 amide bonds. The van der Waals surface area contributed by atoms with Crippen molar-refractivity contribution in [2.75, 3.05) is 13.2 Å². The number of carbonyl (C=O) groups is 2. The summed E-state index contributed by atoms with van der Waals surface area (Å²) in [6, 6.07) is 7.59. The highest BCUT2D eigenvalue weighted by Gasteiger charge is 2.44. The van der Waals surface area contributed by atoms with Gasteiger partial charge in [-0.2, -0.15) is 17.9 Å². The van der Waals surface area contributed by atoms with Gasteiger partial charge in [-0.05, 0) is 41.4 Å². The lowest BCUT2D eigenvalue weighted by molar-refractivity contribution is -0.202. The van der Waals surface area contributed by atoms with E-state index in [1.165, 1.54) is 42.5 Å². The second-order valence-electron chi connectivity index (χ2n) is 7.33. The monoisotopic (exact) mass is 600 g/mol. The number of ether oxygens (including phenoxy) is 2. The van der Waals surface area contributed by atoms with E-state index in [1.54, 1.807) is 0 Å². The van der Waals surface area contributed by atoms with E-state index in [0.717, 1.165) is 0 Å². The van der Waals surface area contributed by atoms with Crippen LogP contribution in [0.5, 0.6) is 5.75 Å². The number of oxime groups is 1. The highest BCUT2D eigenvalue weighted by atomic mass is 35.5. The van der Waals surface area contributed by atoms with Crippen molar-refractivity contribution in [1.82, 2.24) is 4.72 Å². The first-order valence-corrected chi connectivity index (χ1v) is 12.7. The lowest BCUT2D eigenvalue weighted by atomic mass is 10.1. The minimum absolute atomic E-state index is 0.173. The van der Waals surface area contributed by atoms with Crippen molar-refractivity contribution in [1.29, 1.82) is 0 Å². The molecule has 0 spiro atoms. The van der Waals surface area contributed by atoms with Gasteiger partial charge >= 0.3 is 18.1 Å². The maximum atomic E-state index is 12.9. The second kappa shape index (κ2) is 13.5. The van der Waals surface area contributed by atoms with Gasteiger partial charge in [-0.15, -0.1) is 0 Å². The maximum absolute atomic E-state index is 12.9. The van der Waals surface area contributed by atoms with Crippen molar-refractivity contribution in [2.24, 2.45) is 16.6 Å². The van der Waals surface area contributed by atoms with E-state index < -0.39 is 45.5 Å². The summed E-state index contributed by atoms with van der Waals surface area (Å²) >= 11 is 11.8. The van der Waals surface area contributed by atoms with Crippen LogP contribution >= 0.6 is 23.2 Å². The van der Waals surface area contributed by atoms with Crippen LogP contribution < -0.4 is 20.9 Å². The number of nitrogens with one attached hydrogen (secondary N) is 1. The van der Waals surface area contributed by atoms with Gasteiger partial charge in [0.25, 0.3) is 0 Å². The summed E-state index contributed by atoms with van der Waals surface area (Å²) in [7, 11) is -4.66. The summed E-state index contributed by atoms with van der Waals surface area (Å²) in [6.07, 6.45) is -5.57. The average molecular weight is 601 g/mol. The van der Waals surface area contributed by atoms with Gasteiger partial charge in [0, 0.05) is 6.42 Å². The molecule has 2 aromatic rings. The Morgan fingerprint density at radius 3 is 2.18 bits per heavy atom. The normalized spacial score (nSPS) is 12.3. The molecule has 0 aromatic heterocycles. The SMILES string of the molecule is NC(N)=NOCCCOc1ccc(C[C@H](NS(=O)(=O)c2c(Cl)cccc2Cl)C(=O)OC(=O)C(F)(F)F)cc1. The molecule has 0 heterocycles. The molecule has 2 rings (SSSR count). The Labute approximate surface area is 224 Å². The number of rotatable bonds is 12. The predicted octanol–water partition coefficient (Wildman–Crippen LogP) is 2.49. The van der Waals surface area contributed by atoms with Crippen LogP contribution in [0.3, 0.4) is 0 Å². The Balaban J connectivity index is 2.18. The average Bonchev–Trinajstić information content (AvgIpc) is 2.80. The molecule has 0 aliphatic heterocycles. The van der Waals surface area contributed by atoms with Crippen molar-refractivity contribution >= 4 is 51.1 Å². The number of guanidine groups is 1. The molecule has 0 radical (unpaired) electrons. The van der Waals surface area contributed by atoms with Gasteiger partial charge in [0.1, 0.15) is 23.3 Å². The number of benzene rings is 2. The molecular weight excluding hydrogens is 580 g/mol.